The monoisotopic (exact) mass is 596 g/mol. The van der Waals surface area contributed by atoms with Gasteiger partial charge in [-0.25, -0.2) is 9.97 Å². The highest BCUT2D eigenvalue weighted by Gasteiger charge is 2.25. The van der Waals surface area contributed by atoms with Crippen LogP contribution in [-0.4, -0.2) is 52.0 Å². The van der Waals surface area contributed by atoms with Crippen LogP contribution in [0.1, 0.15) is 32.7 Å². The molecule has 1 heterocycles. The molecule has 0 aliphatic rings. The van der Waals surface area contributed by atoms with Crippen LogP contribution >= 0.6 is 34.8 Å². The Kier molecular flexibility index (Phi) is 9.98. The van der Waals surface area contributed by atoms with Crippen LogP contribution in [-0.2, 0) is 24.2 Å². The number of benzene rings is 3. The van der Waals surface area contributed by atoms with Gasteiger partial charge in [-0.3, -0.25) is 9.59 Å². The van der Waals surface area contributed by atoms with Gasteiger partial charge in [-0.15, -0.1) is 0 Å². The van der Waals surface area contributed by atoms with Gasteiger partial charge >= 0.3 is 5.97 Å². The molecule has 7 nitrogen and oxygen atoms in total. The SMILES string of the molecule is CN(CCc1ccccc1)c1ncc(C(=O)N(CC(=O)O)Cc2ccc(Cl)cc2)c(Cc2c(Cl)cccc2Cl)n1. The Morgan fingerprint density at radius 1 is 0.875 bits per heavy atom. The van der Waals surface area contributed by atoms with E-state index in [0.717, 1.165) is 12.0 Å². The van der Waals surface area contributed by atoms with Gasteiger partial charge < -0.3 is 14.9 Å². The largest absolute Gasteiger partial charge is 0.480 e. The molecule has 206 valence electrons. The van der Waals surface area contributed by atoms with Crippen molar-refractivity contribution in [3.63, 3.8) is 0 Å². The zero-order valence-electron chi connectivity index (χ0n) is 21.7. The van der Waals surface area contributed by atoms with Crippen LogP contribution in [0.25, 0.3) is 0 Å². The molecule has 3 aromatic carbocycles. The zero-order chi connectivity index (χ0) is 28.6. The smallest absolute Gasteiger partial charge is 0.323 e. The Labute approximate surface area is 248 Å². The molecule has 10 heteroatoms. The van der Waals surface area contributed by atoms with E-state index in [1.54, 1.807) is 42.5 Å². The zero-order valence-corrected chi connectivity index (χ0v) is 24.0. The molecule has 0 spiro atoms. The summed E-state index contributed by atoms with van der Waals surface area (Å²) >= 11 is 18.9. The lowest BCUT2D eigenvalue weighted by molar-refractivity contribution is -0.137. The van der Waals surface area contributed by atoms with Crippen molar-refractivity contribution in [2.24, 2.45) is 0 Å². The van der Waals surface area contributed by atoms with Crippen LogP contribution < -0.4 is 4.90 Å². The Morgan fingerprint density at radius 3 is 2.20 bits per heavy atom. The molecule has 0 aliphatic carbocycles. The van der Waals surface area contributed by atoms with E-state index in [2.05, 4.69) is 17.1 Å². The molecule has 40 heavy (non-hydrogen) atoms. The van der Waals surface area contributed by atoms with E-state index < -0.39 is 18.4 Å². The molecule has 0 atom stereocenters. The summed E-state index contributed by atoms with van der Waals surface area (Å²) in [5.41, 5.74) is 3.08. The number of hydrogen-bond donors (Lipinski definition) is 1. The summed E-state index contributed by atoms with van der Waals surface area (Å²) in [7, 11) is 1.88. The van der Waals surface area contributed by atoms with Gasteiger partial charge in [-0.2, -0.15) is 0 Å². The minimum Gasteiger partial charge on any atom is -0.480 e. The van der Waals surface area contributed by atoms with Crippen LogP contribution in [0.2, 0.25) is 15.1 Å². The standard InChI is InChI=1S/C30H27Cl3N4O3/c1-36(15-14-20-6-3-2-4-7-20)30-34-17-24(27(35-30)16-23-25(32)8-5-9-26(23)33)29(40)37(19-28(38)39)18-21-10-12-22(31)13-11-21/h2-13,17H,14-16,18-19H2,1H3,(H,38,39). The molecule has 1 aromatic heterocycles. The molecule has 4 aromatic rings. The minimum atomic E-state index is -1.14. The van der Waals surface area contributed by atoms with Gasteiger partial charge in [0.05, 0.1) is 11.3 Å². The average Bonchev–Trinajstić information content (AvgIpc) is 2.94. The number of carbonyl (C=O) groups is 2. The van der Waals surface area contributed by atoms with E-state index in [1.807, 2.05) is 30.1 Å². The summed E-state index contributed by atoms with van der Waals surface area (Å²) in [6, 6.07) is 22.1. The highest BCUT2D eigenvalue weighted by molar-refractivity contribution is 6.36. The van der Waals surface area contributed by atoms with Crippen molar-refractivity contribution in [2.75, 3.05) is 25.0 Å². The maximum absolute atomic E-state index is 13.8. The third kappa shape index (κ3) is 7.72. The van der Waals surface area contributed by atoms with Crippen molar-refractivity contribution >= 4 is 52.6 Å². The summed E-state index contributed by atoms with van der Waals surface area (Å²) in [5, 5.41) is 11.0. The lowest BCUT2D eigenvalue weighted by atomic mass is 10.0. The second-order valence-corrected chi connectivity index (χ2v) is 10.5. The van der Waals surface area contributed by atoms with E-state index in [9.17, 15) is 14.7 Å². The Balaban J connectivity index is 1.68. The van der Waals surface area contributed by atoms with Crippen LogP contribution in [0.4, 0.5) is 5.95 Å². The number of halogens is 3. The number of carboxylic acid groups (broad SMARTS) is 1. The normalized spacial score (nSPS) is 10.8. The molecule has 0 saturated heterocycles. The van der Waals surface area contributed by atoms with Crippen molar-refractivity contribution in [3.8, 4) is 0 Å². The van der Waals surface area contributed by atoms with E-state index in [0.29, 0.717) is 38.8 Å². The molecular formula is C30H27Cl3N4O3. The third-order valence-corrected chi connectivity index (χ3v) is 7.27. The number of likely N-dealkylation sites (N-methyl/N-ethyl adjacent to an activating group) is 1. The second-order valence-electron chi connectivity index (χ2n) is 9.25. The number of aromatic nitrogens is 2. The lowest BCUT2D eigenvalue weighted by Crippen LogP contribution is -2.36. The molecule has 1 N–H and O–H groups in total. The highest BCUT2D eigenvalue weighted by Crippen LogP contribution is 2.28. The first-order valence-corrected chi connectivity index (χ1v) is 13.6. The van der Waals surface area contributed by atoms with E-state index in [-0.39, 0.29) is 18.5 Å². The first-order valence-electron chi connectivity index (χ1n) is 12.5. The molecule has 0 fully saturated rings. The third-order valence-electron chi connectivity index (χ3n) is 6.31. The van der Waals surface area contributed by atoms with Crippen molar-refractivity contribution < 1.29 is 14.7 Å². The summed E-state index contributed by atoms with van der Waals surface area (Å²) in [6.45, 7) is 0.200. The predicted molar refractivity (Wildman–Crippen MR) is 159 cm³/mol. The van der Waals surface area contributed by atoms with E-state index >= 15 is 0 Å². The van der Waals surface area contributed by atoms with Crippen LogP contribution in [0.5, 0.6) is 0 Å². The fourth-order valence-electron chi connectivity index (χ4n) is 4.16. The molecule has 0 bridgehead atoms. The first-order chi connectivity index (χ1) is 19.2. The minimum absolute atomic E-state index is 0.0628. The molecule has 1 amide bonds. The van der Waals surface area contributed by atoms with E-state index in [4.69, 9.17) is 39.8 Å². The first kappa shape index (κ1) is 29.3. The number of aliphatic carboxylic acids is 1. The Bertz CT molecular complexity index is 1460. The Hall–Kier alpha value is -3.65. The van der Waals surface area contributed by atoms with Crippen LogP contribution in [0.15, 0.2) is 79.0 Å². The topological polar surface area (TPSA) is 86.6 Å². The van der Waals surface area contributed by atoms with Crippen molar-refractivity contribution in [2.45, 2.75) is 19.4 Å². The summed E-state index contributed by atoms with van der Waals surface area (Å²) in [5.74, 6) is -1.24. The predicted octanol–water partition coefficient (Wildman–Crippen LogP) is 6.43. The van der Waals surface area contributed by atoms with Crippen molar-refractivity contribution in [1.29, 1.82) is 0 Å². The average molecular weight is 598 g/mol. The quantitative estimate of drug-likeness (QED) is 0.214. The summed E-state index contributed by atoms with van der Waals surface area (Å²) in [4.78, 5) is 37.9. The number of amides is 1. The fraction of sp³-hybridized carbons (Fsp3) is 0.200. The maximum atomic E-state index is 13.8. The lowest BCUT2D eigenvalue weighted by Gasteiger charge is -2.23. The molecule has 0 aliphatic heterocycles. The number of anilines is 1. The van der Waals surface area contributed by atoms with Crippen molar-refractivity contribution in [3.05, 3.63) is 122 Å². The number of carboxylic acids is 1. The Morgan fingerprint density at radius 2 is 1.55 bits per heavy atom. The maximum Gasteiger partial charge on any atom is 0.323 e. The summed E-state index contributed by atoms with van der Waals surface area (Å²) < 4.78 is 0. The molecule has 4 rings (SSSR count). The number of nitrogens with zero attached hydrogens (tertiary/aromatic N) is 4. The molecule has 0 saturated carbocycles. The van der Waals surface area contributed by atoms with Crippen LogP contribution in [0, 0.1) is 0 Å². The second kappa shape index (κ2) is 13.6. The van der Waals surface area contributed by atoms with Crippen LogP contribution in [0.3, 0.4) is 0 Å². The van der Waals surface area contributed by atoms with E-state index in [1.165, 1.54) is 16.7 Å². The van der Waals surface area contributed by atoms with Gasteiger partial charge in [0.15, 0.2) is 0 Å². The van der Waals surface area contributed by atoms with Crippen molar-refractivity contribution in [1.82, 2.24) is 14.9 Å². The number of carbonyl (C=O) groups excluding carboxylic acids is 1. The molecule has 0 unspecified atom stereocenters. The summed E-state index contributed by atoms with van der Waals surface area (Å²) in [6.07, 6.45) is 2.38. The fourth-order valence-corrected chi connectivity index (χ4v) is 4.81. The molecular weight excluding hydrogens is 571 g/mol. The van der Waals surface area contributed by atoms with Gasteiger partial charge in [-0.05, 0) is 47.4 Å². The van der Waals surface area contributed by atoms with Gasteiger partial charge in [0.2, 0.25) is 5.95 Å². The van der Waals surface area contributed by atoms with Gasteiger partial charge in [-0.1, -0.05) is 83.3 Å². The van der Waals surface area contributed by atoms with Gasteiger partial charge in [0.1, 0.15) is 6.54 Å². The number of rotatable bonds is 11. The molecule has 0 radical (unpaired) electrons. The van der Waals surface area contributed by atoms with Gasteiger partial charge in [0.25, 0.3) is 5.91 Å². The highest BCUT2D eigenvalue weighted by atomic mass is 35.5. The number of hydrogen-bond acceptors (Lipinski definition) is 5. The van der Waals surface area contributed by atoms with Gasteiger partial charge in [0, 0.05) is 47.8 Å².